The van der Waals surface area contributed by atoms with Gasteiger partial charge >= 0.3 is 16.3 Å². The summed E-state index contributed by atoms with van der Waals surface area (Å²) in [6.45, 7) is 3.31. The Morgan fingerprint density at radius 1 is 1.38 bits per heavy atom. The van der Waals surface area contributed by atoms with E-state index >= 15 is 0 Å². The zero-order valence-corrected chi connectivity index (χ0v) is 12.9. The van der Waals surface area contributed by atoms with E-state index in [1.165, 1.54) is 7.11 Å². The first-order chi connectivity index (χ1) is 9.79. The van der Waals surface area contributed by atoms with Crippen LogP contribution in [-0.2, 0) is 21.5 Å². The van der Waals surface area contributed by atoms with Gasteiger partial charge in [-0.3, -0.25) is 4.72 Å². The van der Waals surface area contributed by atoms with E-state index in [0.717, 1.165) is 0 Å². The predicted molar refractivity (Wildman–Crippen MR) is 78.2 cm³/mol. The van der Waals surface area contributed by atoms with E-state index in [4.69, 9.17) is 15.2 Å². The van der Waals surface area contributed by atoms with Gasteiger partial charge in [-0.05, 0) is 25.5 Å². The number of methoxy groups -OCH3 is 1. The fourth-order valence-electron chi connectivity index (χ4n) is 1.54. The lowest BCUT2D eigenvalue weighted by Gasteiger charge is -2.16. The van der Waals surface area contributed by atoms with Gasteiger partial charge in [0.25, 0.3) is 0 Å². The summed E-state index contributed by atoms with van der Waals surface area (Å²) in [6, 6.07) is 4.90. The van der Waals surface area contributed by atoms with Gasteiger partial charge < -0.3 is 15.2 Å². The molecule has 0 aromatic heterocycles. The van der Waals surface area contributed by atoms with Gasteiger partial charge in [-0.2, -0.15) is 8.42 Å². The van der Waals surface area contributed by atoms with Crippen molar-refractivity contribution in [3.8, 4) is 5.75 Å². The molecule has 0 aliphatic carbocycles. The van der Waals surface area contributed by atoms with Crippen molar-refractivity contribution < 1.29 is 22.7 Å². The smallest absolute Gasteiger partial charge is 0.422 e. The second-order valence-electron chi connectivity index (χ2n) is 4.36. The van der Waals surface area contributed by atoms with Gasteiger partial charge in [-0.25, -0.2) is 9.52 Å². The largest absolute Gasteiger partial charge is 0.495 e. The molecule has 0 aliphatic rings. The summed E-state index contributed by atoms with van der Waals surface area (Å²) in [6.07, 6.45) is -1.51. The molecule has 1 amide bonds. The molecule has 1 rings (SSSR count). The van der Waals surface area contributed by atoms with Crippen molar-refractivity contribution >= 4 is 22.0 Å². The third-order valence-corrected chi connectivity index (χ3v) is 3.26. The topological polar surface area (TPSA) is 120 Å². The monoisotopic (exact) mass is 317 g/mol. The molecule has 0 bridgehead atoms. The summed E-state index contributed by atoms with van der Waals surface area (Å²) in [5.74, 6) is 0.292. The summed E-state index contributed by atoms with van der Waals surface area (Å²) >= 11 is 0. The van der Waals surface area contributed by atoms with Crippen LogP contribution in [0.15, 0.2) is 18.2 Å². The summed E-state index contributed by atoms with van der Waals surface area (Å²) in [4.78, 5) is 11.4. The minimum Gasteiger partial charge on any atom is -0.495 e. The highest BCUT2D eigenvalue weighted by Crippen LogP contribution is 2.28. The number of carbonyl (C=O) groups excluding carboxylic acids is 1. The Morgan fingerprint density at radius 2 is 2.05 bits per heavy atom. The number of para-hydroxylation sites is 1. The third kappa shape index (κ3) is 5.12. The molecule has 0 unspecified atom stereocenters. The van der Waals surface area contributed by atoms with Crippen molar-refractivity contribution in [2.45, 2.75) is 26.5 Å². The van der Waals surface area contributed by atoms with Crippen LogP contribution in [0.5, 0.6) is 5.75 Å². The van der Waals surface area contributed by atoms with Gasteiger partial charge in [0, 0.05) is 6.54 Å². The zero-order chi connectivity index (χ0) is 16.0. The first-order valence-corrected chi connectivity index (χ1v) is 7.64. The molecular weight excluding hydrogens is 298 g/mol. The van der Waals surface area contributed by atoms with Crippen molar-refractivity contribution in [2.75, 3.05) is 11.8 Å². The fourth-order valence-corrected chi connectivity index (χ4v) is 2.36. The summed E-state index contributed by atoms with van der Waals surface area (Å²) in [5.41, 5.74) is 6.26. The molecule has 0 spiro atoms. The maximum Gasteiger partial charge on any atom is 0.422 e. The first-order valence-electron chi connectivity index (χ1n) is 6.16. The van der Waals surface area contributed by atoms with Crippen LogP contribution in [0.4, 0.5) is 10.5 Å². The van der Waals surface area contributed by atoms with Gasteiger partial charge in [-0.1, -0.05) is 12.1 Å². The summed E-state index contributed by atoms with van der Waals surface area (Å²) < 4.78 is 37.6. The van der Waals surface area contributed by atoms with Crippen molar-refractivity contribution in [1.82, 2.24) is 4.72 Å². The van der Waals surface area contributed by atoms with Crippen molar-refractivity contribution in [3.63, 3.8) is 0 Å². The SMILES string of the molecule is COc1cccc(CN)c1NS(=O)(=O)NC(=O)OC(C)C. The van der Waals surface area contributed by atoms with E-state index in [1.807, 2.05) is 0 Å². The van der Waals surface area contributed by atoms with Crippen LogP contribution in [0.25, 0.3) is 0 Å². The molecule has 0 fully saturated rings. The molecule has 21 heavy (non-hydrogen) atoms. The maximum atomic E-state index is 11.9. The minimum atomic E-state index is -4.15. The van der Waals surface area contributed by atoms with Gasteiger partial charge in [0.2, 0.25) is 0 Å². The van der Waals surface area contributed by atoms with E-state index in [9.17, 15) is 13.2 Å². The number of anilines is 1. The van der Waals surface area contributed by atoms with Crippen LogP contribution in [0, 0.1) is 0 Å². The van der Waals surface area contributed by atoms with E-state index in [2.05, 4.69) is 4.72 Å². The van der Waals surface area contributed by atoms with Crippen LogP contribution in [-0.4, -0.2) is 27.7 Å². The second-order valence-corrected chi connectivity index (χ2v) is 5.78. The Balaban J connectivity index is 2.96. The van der Waals surface area contributed by atoms with E-state index in [0.29, 0.717) is 11.3 Å². The van der Waals surface area contributed by atoms with Crippen molar-refractivity contribution in [1.29, 1.82) is 0 Å². The molecule has 0 saturated carbocycles. The molecule has 118 valence electrons. The number of benzene rings is 1. The number of nitrogens with one attached hydrogen (secondary N) is 2. The highest BCUT2D eigenvalue weighted by molar-refractivity contribution is 7.91. The van der Waals surface area contributed by atoms with Crippen LogP contribution in [0.2, 0.25) is 0 Å². The average molecular weight is 317 g/mol. The number of carbonyl (C=O) groups is 1. The van der Waals surface area contributed by atoms with Crippen LogP contribution in [0.1, 0.15) is 19.4 Å². The third-order valence-electron chi connectivity index (χ3n) is 2.35. The molecule has 0 radical (unpaired) electrons. The van der Waals surface area contributed by atoms with E-state index in [1.54, 1.807) is 36.8 Å². The zero-order valence-electron chi connectivity index (χ0n) is 12.0. The molecule has 1 aromatic rings. The Bertz CT molecular complexity index is 579. The quantitative estimate of drug-likeness (QED) is 0.718. The molecule has 0 atom stereocenters. The lowest BCUT2D eigenvalue weighted by molar-refractivity contribution is 0.121. The van der Waals surface area contributed by atoms with Crippen LogP contribution >= 0.6 is 0 Å². The Hall–Kier alpha value is -2.00. The number of amides is 1. The van der Waals surface area contributed by atoms with Gasteiger partial charge in [0.05, 0.1) is 18.9 Å². The molecule has 4 N–H and O–H groups in total. The Kier molecular flexibility index (Phi) is 5.79. The minimum absolute atomic E-state index is 0.103. The van der Waals surface area contributed by atoms with Crippen molar-refractivity contribution in [2.24, 2.45) is 5.73 Å². The molecular formula is C12H19N3O5S. The van der Waals surface area contributed by atoms with E-state index < -0.39 is 22.4 Å². The lowest BCUT2D eigenvalue weighted by atomic mass is 10.1. The molecule has 0 aliphatic heterocycles. The summed E-state index contributed by atoms with van der Waals surface area (Å²) in [5, 5.41) is 0. The van der Waals surface area contributed by atoms with Crippen LogP contribution in [0.3, 0.4) is 0 Å². The first kappa shape index (κ1) is 17.1. The number of ether oxygens (including phenoxy) is 2. The Morgan fingerprint density at radius 3 is 2.57 bits per heavy atom. The molecule has 9 heteroatoms. The van der Waals surface area contributed by atoms with Crippen LogP contribution < -0.4 is 19.9 Å². The number of nitrogens with two attached hydrogens (primary N) is 1. The highest BCUT2D eigenvalue weighted by atomic mass is 32.2. The van der Waals surface area contributed by atoms with Gasteiger partial charge in [0.15, 0.2) is 0 Å². The standard InChI is InChI=1S/C12H19N3O5S/c1-8(2)20-12(16)15-21(17,18)14-11-9(7-13)5-4-6-10(11)19-3/h4-6,8,14H,7,13H2,1-3H3,(H,15,16). The molecule has 0 heterocycles. The maximum absolute atomic E-state index is 11.9. The fraction of sp³-hybridized carbons (Fsp3) is 0.417. The van der Waals surface area contributed by atoms with Gasteiger partial charge in [0.1, 0.15) is 5.75 Å². The number of hydrogen-bond acceptors (Lipinski definition) is 6. The molecule has 8 nitrogen and oxygen atoms in total. The molecule has 1 aromatic carbocycles. The van der Waals surface area contributed by atoms with Gasteiger partial charge in [-0.15, -0.1) is 0 Å². The highest BCUT2D eigenvalue weighted by Gasteiger charge is 2.19. The Labute approximate surface area is 123 Å². The summed E-state index contributed by atoms with van der Waals surface area (Å²) in [7, 11) is -2.76. The average Bonchev–Trinajstić information content (AvgIpc) is 2.36. The van der Waals surface area contributed by atoms with Crippen molar-refractivity contribution in [3.05, 3.63) is 23.8 Å². The normalized spacial score (nSPS) is 11.1. The predicted octanol–water partition coefficient (Wildman–Crippen LogP) is 0.945. The number of rotatable bonds is 6. The molecule has 0 saturated heterocycles. The lowest BCUT2D eigenvalue weighted by Crippen LogP contribution is -2.37. The number of hydrogen-bond donors (Lipinski definition) is 3. The second kappa shape index (κ2) is 7.14. The van der Waals surface area contributed by atoms with E-state index in [-0.39, 0.29) is 12.2 Å².